The van der Waals surface area contributed by atoms with E-state index in [9.17, 15) is 5.11 Å². The van der Waals surface area contributed by atoms with Crippen molar-refractivity contribution in [1.82, 2.24) is 14.8 Å². The molecule has 1 aromatic heterocycles. The number of aliphatic hydroxyl groups is 1. The highest BCUT2D eigenvalue weighted by atomic mass is 32.1. The van der Waals surface area contributed by atoms with E-state index in [0.717, 1.165) is 19.3 Å². The van der Waals surface area contributed by atoms with Gasteiger partial charge in [0.15, 0.2) is 0 Å². The Morgan fingerprint density at radius 3 is 3.14 bits per heavy atom. The maximum Gasteiger partial charge on any atom is 0.215 e. The van der Waals surface area contributed by atoms with Gasteiger partial charge in [0.05, 0.1) is 12.1 Å². The Labute approximate surface area is 88.0 Å². The van der Waals surface area contributed by atoms with E-state index in [1.54, 1.807) is 11.0 Å². The van der Waals surface area contributed by atoms with Gasteiger partial charge in [-0.25, -0.2) is 4.98 Å². The first-order valence-electron chi connectivity index (χ1n) is 4.94. The van der Waals surface area contributed by atoms with Gasteiger partial charge in [0.1, 0.15) is 6.33 Å². The largest absolute Gasteiger partial charge is 0.388 e. The molecule has 0 amide bonds. The summed E-state index contributed by atoms with van der Waals surface area (Å²) in [5, 5.41) is 13.3. The highest BCUT2D eigenvalue weighted by molar-refractivity contribution is 7.71. The van der Waals surface area contributed by atoms with Crippen LogP contribution in [0, 0.1) is 10.7 Å². The Hall–Kier alpha value is -0.680. The molecule has 0 bridgehead atoms. The third-order valence-corrected chi connectivity index (χ3v) is 3.54. The standard InChI is InChI=1S/C9H15N3OS/c1-7-3-2-4-9(7,13)5-12-8(14)10-6-11-12/h6-7,13H,2-5H2,1H3,(H,10,11,14). The molecule has 5 heteroatoms. The fourth-order valence-corrected chi connectivity index (χ4v) is 2.30. The lowest BCUT2D eigenvalue weighted by molar-refractivity contribution is -0.0105. The Bertz CT molecular complexity index is 372. The second-order valence-electron chi connectivity index (χ2n) is 4.15. The summed E-state index contributed by atoms with van der Waals surface area (Å²) < 4.78 is 2.24. The van der Waals surface area contributed by atoms with Crippen molar-refractivity contribution in [1.29, 1.82) is 0 Å². The summed E-state index contributed by atoms with van der Waals surface area (Å²) >= 11 is 5.02. The molecule has 78 valence electrons. The van der Waals surface area contributed by atoms with Gasteiger partial charge in [-0.2, -0.15) is 0 Å². The summed E-state index contributed by atoms with van der Waals surface area (Å²) in [5.74, 6) is 0.340. The number of H-pyrrole nitrogens is 1. The fourth-order valence-electron chi connectivity index (χ4n) is 2.13. The summed E-state index contributed by atoms with van der Waals surface area (Å²) in [6.45, 7) is 2.62. The van der Waals surface area contributed by atoms with Gasteiger partial charge in [0.25, 0.3) is 0 Å². The maximum atomic E-state index is 10.3. The van der Waals surface area contributed by atoms with Crippen LogP contribution in [-0.2, 0) is 6.54 Å². The summed E-state index contributed by atoms with van der Waals surface area (Å²) in [6, 6.07) is 0. The van der Waals surface area contributed by atoms with Crippen molar-refractivity contribution in [3.63, 3.8) is 0 Å². The summed E-state index contributed by atoms with van der Waals surface area (Å²) in [5.41, 5.74) is -0.606. The molecule has 14 heavy (non-hydrogen) atoms. The van der Waals surface area contributed by atoms with Crippen molar-refractivity contribution in [2.24, 2.45) is 5.92 Å². The molecule has 1 saturated carbocycles. The maximum absolute atomic E-state index is 10.3. The molecule has 4 nitrogen and oxygen atoms in total. The Kier molecular flexibility index (Phi) is 2.45. The van der Waals surface area contributed by atoms with Gasteiger partial charge in [-0.1, -0.05) is 13.3 Å². The van der Waals surface area contributed by atoms with Crippen LogP contribution in [0.2, 0.25) is 0 Å². The van der Waals surface area contributed by atoms with E-state index >= 15 is 0 Å². The van der Waals surface area contributed by atoms with Crippen LogP contribution < -0.4 is 0 Å². The number of rotatable bonds is 2. The first-order valence-corrected chi connectivity index (χ1v) is 5.35. The van der Waals surface area contributed by atoms with Gasteiger partial charge in [-0.3, -0.25) is 9.78 Å². The summed E-state index contributed by atoms with van der Waals surface area (Å²) in [4.78, 5) is 3.93. The highest BCUT2D eigenvalue weighted by Gasteiger charge is 2.38. The van der Waals surface area contributed by atoms with E-state index in [1.165, 1.54) is 0 Å². The summed E-state index contributed by atoms with van der Waals surface area (Å²) in [7, 11) is 0. The number of nitrogens with one attached hydrogen (secondary N) is 1. The predicted octanol–water partition coefficient (Wildman–Crippen LogP) is 1.49. The number of aromatic nitrogens is 3. The molecule has 1 aliphatic carbocycles. The topological polar surface area (TPSA) is 53.8 Å². The quantitative estimate of drug-likeness (QED) is 0.732. The molecule has 0 aromatic carbocycles. The van der Waals surface area contributed by atoms with Crippen LogP contribution in [0.15, 0.2) is 6.33 Å². The number of nitrogens with zero attached hydrogens (tertiary/aromatic N) is 2. The molecule has 1 heterocycles. The number of hydrogen-bond donors (Lipinski definition) is 2. The third kappa shape index (κ3) is 1.62. The molecule has 2 unspecified atom stereocenters. The molecule has 1 fully saturated rings. The number of aromatic amines is 1. The third-order valence-electron chi connectivity index (χ3n) is 3.22. The van der Waals surface area contributed by atoms with Gasteiger partial charge in [-0.15, -0.1) is 0 Å². The molecule has 0 spiro atoms. The molecule has 1 aliphatic rings. The first kappa shape index (κ1) is 9.86. The van der Waals surface area contributed by atoms with Gasteiger partial charge >= 0.3 is 0 Å². The number of hydrogen-bond acceptors (Lipinski definition) is 3. The zero-order valence-electron chi connectivity index (χ0n) is 8.23. The molecular formula is C9H15N3OS. The van der Waals surface area contributed by atoms with Gasteiger partial charge in [-0.05, 0) is 31.0 Å². The van der Waals surface area contributed by atoms with Crippen LogP contribution in [0.3, 0.4) is 0 Å². The van der Waals surface area contributed by atoms with E-state index in [-0.39, 0.29) is 0 Å². The van der Waals surface area contributed by atoms with Crippen molar-refractivity contribution in [3.8, 4) is 0 Å². The van der Waals surface area contributed by atoms with Crippen molar-refractivity contribution < 1.29 is 5.11 Å². The van der Waals surface area contributed by atoms with E-state index in [1.807, 2.05) is 0 Å². The van der Waals surface area contributed by atoms with Crippen molar-refractivity contribution in [2.75, 3.05) is 0 Å². The van der Waals surface area contributed by atoms with Gasteiger partial charge in [0.2, 0.25) is 4.77 Å². The fraction of sp³-hybridized carbons (Fsp3) is 0.778. The van der Waals surface area contributed by atoms with E-state index in [2.05, 4.69) is 17.0 Å². The van der Waals surface area contributed by atoms with E-state index in [4.69, 9.17) is 12.2 Å². The second kappa shape index (κ2) is 3.47. The highest BCUT2D eigenvalue weighted by Crippen LogP contribution is 2.36. The zero-order chi connectivity index (χ0) is 10.2. The zero-order valence-corrected chi connectivity index (χ0v) is 9.05. The summed E-state index contributed by atoms with van der Waals surface area (Å²) in [6.07, 6.45) is 4.61. The monoisotopic (exact) mass is 213 g/mol. The minimum Gasteiger partial charge on any atom is -0.388 e. The molecule has 1 aromatic rings. The van der Waals surface area contributed by atoms with Gasteiger partial charge < -0.3 is 5.11 Å². The lowest BCUT2D eigenvalue weighted by Crippen LogP contribution is -2.37. The van der Waals surface area contributed by atoms with Crippen LogP contribution in [-0.4, -0.2) is 25.5 Å². The van der Waals surface area contributed by atoms with Crippen LogP contribution in [0.4, 0.5) is 0 Å². The minimum atomic E-state index is -0.606. The van der Waals surface area contributed by atoms with E-state index < -0.39 is 5.60 Å². The molecule has 0 aliphatic heterocycles. The normalized spacial score (nSPS) is 32.3. The van der Waals surface area contributed by atoms with Crippen molar-refractivity contribution in [3.05, 3.63) is 11.1 Å². The lowest BCUT2D eigenvalue weighted by Gasteiger charge is -2.27. The molecule has 2 atom stereocenters. The Morgan fingerprint density at radius 1 is 1.86 bits per heavy atom. The van der Waals surface area contributed by atoms with Crippen molar-refractivity contribution >= 4 is 12.2 Å². The molecular weight excluding hydrogens is 198 g/mol. The molecule has 2 N–H and O–H groups in total. The SMILES string of the molecule is CC1CCCC1(O)Cn1[nH]cnc1=S. The Balaban J connectivity index is 2.18. The molecule has 2 rings (SSSR count). The predicted molar refractivity (Wildman–Crippen MR) is 55.4 cm³/mol. The van der Waals surface area contributed by atoms with Crippen LogP contribution in [0.1, 0.15) is 26.2 Å². The minimum absolute atomic E-state index is 0.340. The average molecular weight is 213 g/mol. The van der Waals surface area contributed by atoms with Gasteiger partial charge in [0, 0.05) is 0 Å². The second-order valence-corrected chi connectivity index (χ2v) is 4.52. The first-order chi connectivity index (χ1) is 6.62. The average Bonchev–Trinajstić information content (AvgIpc) is 2.64. The lowest BCUT2D eigenvalue weighted by atomic mass is 9.93. The van der Waals surface area contributed by atoms with Crippen LogP contribution >= 0.6 is 12.2 Å². The van der Waals surface area contributed by atoms with E-state index in [0.29, 0.717) is 17.2 Å². The molecule has 0 saturated heterocycles. The van der Waals surface area contributed by atoms with Crippen molar-refractivity contribution in [2.45, 2.75) is 38.3 Å². The van der Waals surface area contributed by atoms with Crippen LogP contribution in [0.25, 0.3) is 0 Å². The smallest absolute Gasteiger partial charge is 0.215 e. The van der Waals surface area contributed by atoms with Crippen LogP contribution in [0.5, 0.6) is 0 Å². The molecule has 0 radical (unpaired) electrons. The Morgan fingerprint density at radius 2 is 2.64 bits per heavy atom.